The number of halogens is 3. The molecule has 0 bridgehead atoms. The zero-order valence-electron chi connectivity index (χ0n) is 19.2. The van der Waals surface area contributed by atoms with Gasteiger partial charge in [-0.1, -0.05) is 48.5 Å². The summed E-state index contributed by atoms with van der Waals surface area (Å²) in [6.45, 7) is 0.276. The summed E-state index contributed by atoms with van der Waals surface area (Å²) in [5, 5.41) is 11.2. The number of carbonyl (C=O) groups excluding carboxylic acids is 2. The molecule has 1 fully saturated rings. The van der Waals surface area contributed by atoms with Crippen LogP contribution in [0.1, 0.15) is 43.2 Å². The van der Waals surface area contributed by atoms with E-state index in [1.54, 1.807) is 5.32 Å². The van der Waals surface area contributed by atoms with Gasteiger partial charge in [0.05, 0.1) is 0 Å². The van der Waals surface area contributed by atoms with Crippen molar-refractivity contribution in [2.45, 2.75) is 49.4 Å². The minimum Gasteiger partial charge on any atom is -0.479 e. The van der Waals surface area contributed by atoms with E-state index < -0.39 is 35.2 Å². The number of amides is 2. The molecular formula is C25H25F3N2O5. The van der Waals surface area contributed by atoms with E-state index in [1.807, 2.05) is 48.5 Å². The van der Waals surface area contributed by atoms with Crippen LogP contribution in [0.2, 0.25) is 0 Å². The molecule has 0 spiro atoms. The number of likely N-dealkylation sites (N-methyl/N-ethyl adjacent to an activating group) is 1. The van der Waals surface area contributed by atoms with Crippen molar-refractivity contribution >= 4 is 18.0 Å². The summed E-state index contributed by atoms with van der Waals surface area (Å²) in [4.78, 5) is 37.8. The van der Waals surface area contributed by atoms with Crippen molar-refractivity contribution in [1.82, 2.24) is 10.2 Å². The average Bonchev–Trinajstić information content (AvgIpc) is 3.09. The van der Waals surface area contributed by atoms with Crippen molar-refractivity contribution in [1.29, 1.82) is 0 Å². The minimum atomic E-state index is -5.20. The van der Waals surface area contributed by atoms with Crippen molar-refractivity contribution in [3.63, 3.8) is 0 Å². The fourth-order valence-electron chi connectivity index (χ4n) is 4.82. The lowest BCUT2D eigenvalue weighted by atomic mass is 9.74. The largest absolute Gasteiger partial charge is 0.479 e. The Hall–Kier alpha value is -3.56. The molecule has 0 heterocycles. The average molecular weight is 490 g/mol. The van der Waals surface area contributed by atoms with Gasteiger partial charge in [0.2, 0.25) is 5.54 Å². The molecule has 2 aromatic carbocycles. The van der Waals surface area contributed by atoms with Crippen molar-refractivity contribution < 1.29 is 37.4 Å². The summed E-state index contributed by atoms with van der Waals surface area (Å²) in [6.07, 6.45) is -6.10. The van der Waals surface area contributed by atoms with Crippen LogP contribution in [0.25, 0.3) is 11.1 Å². The number of nitrogens with zero attached hydrogens (tertiary/aromatic N) is 1. The van der Waals surface area contributed by atoms with Gasteiger partial charge in [-0.3, -0.25) is 10.1 Å². The normalized spacial score (nSPS) is 17.9. The first kappa shape index (κ1) is 24.6. The van der Waals surface area contributed by atoms with E-state index >= 15 is 0 Å². The molecule has 2 amide bonds. The molecule has 1 atom stereocenters. The standard InChI is InChI=1S/C25H25F3N2O5/c1-23(25(26,27)28,20(31)30(2)24(21(32)33)12-7-13-24)29-22(34)35-14-19-17-10-5-3-8-15(17)16-9-4-6-11-18(16)19/h3-6,8-11,19H,7,12-14H2,1-2H3,(H,29,34)(H,32,33). The maximum absolute atomic E-state index is 14.1. The number of fused-ring (bicyclic) bond motifs is 3. The molecule has 10 heteroatoms. The molecule has 0 radical (unpaired) electrons. The van der Waals surface area contributed by atoms with Gasteiger partial charge in [-0.05, 0) is 48.4 Å². The molecule has 4 rings (SSSR count). The summed E-state index contributed by atoms with van der Waals surface area (Å²) in [6, 6.07) is 15.0. The van der Waals surface area contributed by atoms with Gasteiger partial charge in [-0.2, -0.15) is 13.2 Å². The Balaban J connectivity index is 1.52. The first-order valence-corrected chi connectivity index (χ1v) is 11.1. The lowest BCUT2D eigenvalue weighted by Crippen LogP contribution is -2.70. The Labute approximate surface area is 199 Å². The number of alkyl halides is 3. The highest BCUT2D eigenvalue weighted by atomic mass is 19.4. The molecule has 2 aromatic rings. The van der Waals surface area contributed by atoms with Gasteiger partial charge in [-0.15, -0.1) is 0 Å². The van der Waals surface area contributed by atoms with Crippen LogP contribution in [-0.2, 0) is 14.3 Å². The fraction of sp³-hybridized carbons (Fsp3) is 0.400. The van der Waals surface area contributed by atoms with E-state index in [0.717, 1.165) is 29.3 Å². The van der Waals surface area contributed by atoms with Crippen LogP contribution in [0.3, 0.4) is 0 Å². The first-order chi connectivity index (χ1) is 16.4. The van der Waals surface area contributed by atoms with Gasteiger partial charge in [0.15, 0.2) is 0 Å². The third-order valence-electron chi connectivity index (χ3n) is 7.22. The summed E-state index contributed by atoms with van der Waals surface area (Å²) < 4.78 is 47.4. The first-order valence-electron chi connectivity index (χ1n) is 11.1. The molecule has 0 aromatic heterocycles. The Morgan fingerprint density at radius 1 is 1.06 bits per heavy atom. The molecule has 7 nitrogen and oxygen atoms in total. The van der Waals surface area contributed by atoms with E-state index in [0.29, 0.717) is 18.2 Å². The Bertz CT molecular complexity index is 1130. The number of ether oxygens (including phenoxy) is 1. The predicted octanol–water partition coefficient (Wildman–Crippen LogP) is 4.31. The predicted molar refractivity (Wildman–Crippen MR) is 120 cm³/mol. The van der Waals surface area contributed by atoms with Gasteiger partial charge < -0.3 is 14.7 Å². The lowest BCUT2D eigenvalue weighted by Gasteiger charge is -2.47. The summed E-state index contributed by atoms with van der Waals surface area (Å²) in [5.41, 5.74) is -1.44. The number of rotatable bonds is 6. The second kappa shape index (κ2) is 8.58. The molecule has 2 aliphatic carbocycles. The molecule has 2 aliphatic rings. The quantitative estimate of drug-likeness (QED) is 0.629. The maximum Gasteiger partial charge on any atom is 0.420 e. The maximum atomic E-state index is 14.1. The molecule has 2 N–H and O–H groups in total. The van der Waals surface area contributed by atoms with E-state index in [-0.39, 0.29) is 25.4 Å². The van der Waals surface area contributed by atoms with Crippen molar-refractivity contribution in [2.24, 2.45) is 0 Å². The van der Waals surface area contributed by atoms with Crippen LogP contribution in [0, 0.1) is 0 Å². The molecule has 186 valence electrons. The number of hydrogen-bond donors (Lipinski definition) is 2. The second-order valence-corrected chi connectivity index (χ2v) is 9.13. The van der Waals surface area contributed by atoms with Crippen LogP contribution in [0.4, 0.5) is 18.0 Å². The van der Waals surface area contributed by atoms with Crippen LogP contribution in [0.5, 0.6) is 0 Å². The summed E-state index contributed by atoms with van der Waals surface area (Å²) in [5.74, 6) is -3.33. The van der Waals surface area contributed by atoms with Crippen molar-refractivity contribution in [3.05, 3.63) is 59.7 Å². The fourth-order valence-corrected chi connectivity index (χ4v) is 4.82. The Kier molecular flexibility index (Phi) is 6.02. The van der Waals surface area contributed by atoms with Gasteiger partial charge in [0, 0.05) is 13.0 Å². The molecule has 1 unspecified atom stereocenters. The number of nitrogens with one attached hydrogen (secondary N) is 1. The highest BCUT2D eigenvalue weighted by molar-refractivity contribution is 5.95. The second-order valence-electron chi connectivity index (χ2n) is 9.13. The molecule has 1 saturated carbocycles. The van der Waals surface area contributed by atoms with Crippen LogP contribution in [0.15, 0.2) is 48.5 Å². The Morgan fingerprint density at radius 3 is 2.00 bits per heavy atom. The smallest absolute Gasteiger partial charge is 0.420 e. The topological polar surface area (TPSA) is 95.9 Å². The number of carboxylic acid groups (broad SMARTS) is 1. The third kappa shape index (κ3) is 3.90. The molecule has 0 aliphatic heterocycles. The van der Waals surface area contributed by atoms with E-state index in [1.165, 1.54) is 0 Å². The van der Waals surface area contributed by atoms with E-state index in [2.05, 4.69) is 0 Å². The zero-order chi connectivity index (χ0) is 25.6. The number of carbonyl (C=O) groups is 3. The van der Waals surface area contributed by atoms with Crippen molar-refractivity contribution in [3.8, 4) is 11.1 Å². The zero-order valence-corrected chi connectivity index (χ0v) is 19.2. The molecular weight excluding hydrogens is 465 g/mol. The van der Waals surface area contributed by atoms with E-state index in [9.17, 15) is 32.7 Å². The van der Waals surface area contributed by atoms with Gasteiger partial charge in [-0.25, -0.2) is 9.59 Å². The Morgan fingerprint density at radius 2 is 1.57 bits per heavy atom. The number of alkyl carbamates (subject to hydrolysis) is 1. The summed E-state index contributed by atoms with van der Waals surface area (Å²) >= 11 is 0. The molecule has 0 saturated heterocycles. The van der Waals surface area contributed by atoms with Gasteiger partial charge >= 0.3 is 18.2 Å². The molecule has 35 heavy (non-hydrogen) atoms. The highest BCUT2D eigenvalue weighted by Crippen LogP contribution is 2.45. The van der Waals surface area contributed by atoms with Gasteiger partial charge in [0.25, 0.3) is 5.91 Å². The number of hydrogen-bond acceptors (Lipinski definition) is 4. The van der Waals surface area contributed by atoms with E-state index in [4.69, 9.17) is 4.74 Å². The van der Waals surface area contributed by atoms with Gasteiger partial charge in [0.1, 0.15) is 12.1 Å². The number of aliphatic carboxylic acids is 1. The van der Waals surface area contributed by atoms with Crippen LogP contribution >= 0.6 is 0 Å². The van der Waals surface area contributed by atoms with Crippen LogP contribution < -0.4 is 5.32 Å². The number of benzene rings is 2. The van der Waals surface area contributed by atoms with Crippen molar-refractivity contribution in [2.75, 3.05) is 13.7 Å². The summed E-state index contributed by atoms with van der Waals surface area (Å²) in [7, 11) is 1.01. The monoisotopic (exact) mass is 490 g/mol. The third-order valence-corrected chi connectivity index (χ3v) is 7.22. The lowest BCUT2D eigenvalue weighted by molar-refractivity contribution is -0.206. The highest BCUT2D eigenvalue weighted by Gasteiger charge is 2.63. The SMILES string of the molecule is CN(C(=O)C(C)(NC(=O)OCC1c2ccccc2-c2ccccc21)C(F)(F)F)C1(C(=O)O)CCC1. The van der Waals surface area contributed by atoms with Crippen LogP contribution in [-0.4, -0.2) is 58.9 Å². The minimum absolute atomic E-state index is 0.0312. The number of carboxylic acids is 1.